The number of nitrogens with zero attached hydrogens (tertiary/aromatic N) is 2. The fraction of sp³-hybridized carbons (Fsp3) is 0.393. The highest BCUT2D eigenvalue weighted by atomic mass is 16.3. The van der Waals surface area contributed by atoms with Gasteiger partial charge in [0.05, 0.1) is 6.61 Å². The number of aliphatic hydroxyl groups is 2. The van der Waals surface area contributed by atoms with Gasteiger partial charge in [-0.25, -0.2) is 0 Å². The summed E-state index contributed by atoms with van der Waals surface area (Å²) in [6.45, 7) is 2.81. The van der Waals surface area contributed by atoms with E-state index in [0.717, 1.165) is 18.4 Å². The van der Waals surface area contributed by atoms with Crippen molar-refractivity contribution >= 4 is 29.1 Å². The number of carbonyl (C=O) groups excluding carboxylic acids is 3. The van der Waals surface area contributed by atoms with Crippen molar-refractivity contribution in [2.45, 2.75) is 44.8 Å². The van der Waals surface area contributed by atoms with Gasteiger partial charge in [0.1, 0.15) is 0 Å². The standard InChI is InChI=1S/C28H33N3O5/c1-20(8-7-12-25(33)30(16-17-32)19-21-9-3-2-4-10-21)28(36)23-18-22(13-14-24(23)29-27(28)35)31-15-6-5-11-26(31)34/h2-4,7-10,13-14,18,20,32,36H,5-6,11-12,15-17,19H2,1H3,(H,29,35)/b8-7+/t20-,28+/m1/s1. The van der Waals surface area contributed by atoms with Gasteiger partial charge in [0, 0.05) is 55.3 Å². The zero-order chi connectivity index (χ0) is 25.7. The summed E-state index contributed by atoms with van der Waals surface area (Å²) < 4.78 is 0. The topological polar surface area (TPSA) is 110 Å². The Labute approximate surface area is 211 Å². The predicted octanol–water partition coefficient (Wildman–Crippen LogP) is 2.95. The van der Waals surface area contributed by atoms with Crippen LogP contribution in [0.5, 0.6) is 0 Å². The molecule has 1 saturated heterocycles. The Balaban J connectivity index is 1.48. The number of carbonyl (C=O) groups is 3. The zero-order valence-electron chi connectivity index (χ0n) is 20.5. The molecule has 0 radical (unpaired) electrons. The van der Waals surface area contributed by atoms with Crippen LogP contribution in [0.25, 0.3) is 0 Å². The Morgan fingerprint density at radius 1 is 1.19 bits per heavy atom. The predicted molar refractivity (Wildman–Crippen MR) is 137 cm³/mol. The van der Waals surface area contributed by atoms with Gasteiger partial charge >= 0.3 is 0 Å². The van der Waals surface area contributed by atoms with E-state index >= 15 is 0 Å². The average Bonchev–Trinajstić information content (AvgIpc) is 3.14. The minimum Gasteiger partial charge on any atom is -0.395 e. The maximum Gasteiger partial charge on any atom is 0.261 e. The van der Waals surface area contributed by atoms with Crippen LogP contribution in [-0.4, -0.2) is 52.5 Å². The molecule has 4 rings (SSSR count). The first-order chi connectivity index (χ1) is 17.3. The molecule has 2 heterocycles. The van der Waals surface area contributed by atoms with Gasteiger partial charge in [-0.15, -0.1) is 0 Å². The molecule has 3 N–H and O–H groups in total. The van der Waals surface area contributed by atoms with Crippen molar-refractivity contribution in [2.24, 2.45) is 5.92 Å². The van der Waals surface area contributed by atoms with Crippen LogP contribution < -0.4 is 10.2 Å². The summed E-state index contributed by atoms with van der Waals surface area (Å²) in [5, 5.41) is 23.7. The molecule has 2 aromatic rings. The molecule has 2 aliphatic rings. The van der Waals surface area contributed by atoms with E-state index in [1.165, 1.54) is 0 Å². The van der Waals surface area contributed by atoms with Crippen molar-refractivity contribution in [1.82, 2.24) is 4.90 Å². The summed E-state index contributed by atoms with van der Waals surface area (Å²) in [5.74, 6) is -1.28. The van der Waals surface area contributed by atoms with Crippen molar-refractivity contribution in [1.29, 1.82) is 0 Å². The van der Waals surface area contributed by atoms with Crippen LogP contribution in [0.4, 0.5) is 11.4 Å². The molecular weight excluding hydrogens is 458 g/mol. The Hall–Kier alpha value is -3.49. The lowest BCUT2D eigenvalue weighted by atomic mass is 9.82. The minimum absolute atomic E-state index is 0.0383. The smallest absolute Gasteiger partial charge is 0.261 e. The number of nitrogens with one attached hydrogen (secondary N) is 1. The quantitative estimate of drug-likeness (QED) is 0.467. The van der Waals surface area contributed by atoms with Crippen molar-refractivity contribution in [3.63, 3.8) is 0 Å². The van der Waals surface area contributed by atoms with Crippen LogP contribution in [0.3, 0.4) is 0 Å². The number of hydrogen-bond donors (Lipinski definition) is 3. The number of hydrogen-bond acceptors (Lipinski definition) is 5. The number of fused-ring (bicyclic) bond motifs is 1. The summed E-state index contributed by atoms with van der Waals surface area (Å²) in [5.41, 5.74) is 0.758. The van der Waals surface area contributed by atoms with Gasteiger partial charge in [0.2, 0.25) is 11.8 Å². The highest BCUT2D eigenvalue weighted by Crippen LogP contribution is 2.43. The lowest BCUT2D eigenvalue weighted by molar-refractivity contribution is -0.137. The Morgan fingerprint density at radius 2 is 1.97 bits per heavy atom. The molecule has 8 heteroatoms. The molecule has 2 aliphatic heterocycles. The highest BCUT2D eigenvalue weighted by Gasteiger charge is 2.49. The first-order valence-corrected chi connectivity index (χ1v) is 12.4. The molecule has 190 valence electrons. The average molecular weight is 492 g/mol. The summed E-state index contributed by atoms with van der Waals surface area (Å²) in [4.78, 5) is 41.4. The third-order valence-corrected chi connectivity index (χ3v) is 6.96. The summed E-state index contributed by atoms with van der Waals surface area (Å²) in [7, 11) is 0. The van der Waals surface area contributed by atoms with Crippen LogP contribution in [0, 0.1) is 5.92 Å². The molecule has 1 fully saturated rings. The van der Waals surface area contributed by atoms with E-state index in [2.05, 4.69) is 5.32 Å². The van der Waals surface area contributed by atoms with Gasteiger partial charge in [-0.05, 0) is 36.6 Å². The minimum atomic E-state index is -1.82. The number of piperidine rings is 1. The molecule has 0 unspecified atom stereocenters. The lowest BCUT2D eigenvalue weighted by Crippen LogP contribution is -2.40. The molecule has 2 atom stereocenters. The van der Waals surface area contributed by atoms with Gasteiger partial charge < -0.3 is 25.3 Å². The van der Waals surface area contributed by atoms with Gasteiger partial charge in [0.25, 0.3) is 5.91 Å². The SMILES string of the molecule is C[C@H](/C=C/CC(=O)N(CCO)Cc1ccccc1)[C@@]1(O)C(=O)Nc2ccc(N3CCCCC3=O)cc21. The first-order valence-electron chi connectivity index (χ1n) is 12.4. The largest absolute Gasteiger partial charge is 0.395 e. The molecule has 0 aliphatic carbocycles. The summed E-state index contributed by atoms with van der Waals surface area (Å²) >= 11 is 0. The van der Waals surface area contributed by atoms with Crippen LogP contribution >= 0.6 is 0 Å². The van der Waals surface area contributed by atoms with Gasteiger partial charge in [-0.3, -0.25) is 14.4 Å². The fourth-order valence-corrected chi connectivity index (χ4v) is 4.85. The van der Waals surface area contributed by atoms with Crippen LogP contribution in [0.1, 0.15) is 43.7 Å². The van der Waals surface area contributed by atoms with E-state index in [9.17, 15) is 24.6 Å². The van der Waals surface area contributed by atoms with E-state index in [1.54, 1.807) is 47.1 Å². The zero-order valence-corrected chi connectivity index (χ0v) is 20.5. The molecule has 3 amide bonds. The van der Waals surface area contributed by atoms with Gasteiger partial charge in [-0.1, -0.05) is 49.4 Å². The number of aliphatic hydroxyl groups excluding tert-OH is 1. The highest BCUT2D eigenvalue weighted by molar-refractivity contribution is 6.06. The number of benzene rings is 2. The Bertz CT molecular complexity index is 1150. The molecule has 8 nitrogen and oxygen atoms in total. The second kappa shape index (κ2) is 11.1. The maximum atomic E-state index is 12.9. The molecule has 36 heavy (non-hydrogen) atoms. The van der Waals surface area contributed by atoms with Crippen LogP contribution in [-0.2, 0) is 26.5 Å². The lowest BCUT2D eigenvalue weighted by Gasteiger charge is -2.29. The van der Waals surface area contributed by atoms with E-state index < -0.39 is 17.4 Å². The number of amides is 3. The molecule has 0 aromatic heterocycles. The number of anilines is 2. The molecular formula is C28H33N3O5. The van der Waals surface area contributed by atoms with Crippen molar-refractivity contribution in [2.75, 3.05) is 29.9 Å². The summed E-state index contributed by atoms with van der Waals surface area (Å²) in [6, 6.07) is 14.8. The van der Waals surface area contributed by atoms with Gasteiger partial charge in [-0.2, -0.15) is 0 Å². The monoisotopic (exact) mass is 491 g/mol. The summed E-state index contributed by atoms with van der Waals surface area (Å²) in [6.07, 6.45) is 5.67. The van der Waals surface area contributed by atoms with E-state index in [1.807, 2.05) is 30.3 Å². The first kappa shape index (κ1) is 25.6. The normalized spacial score (nSPS) is 20.4. The van der Waals surface area contributed by atoms with E-state index in [0.29, 0.717) is 36.4 Å². The molecule has 0 spiro atoms. The van der Waals surface area contributed by atoms with Crippen LogP contribution in [0.15, 0.2) is 60.7 Å². The maximum absolute atomic E-state index is 12.9. The molecule has 0 saturated carbocycles. The van der Waals surface area contributed by atoms with Crippen molar-refractivity contribution in [3.05, 3.63) is 71.8 Å². The van der Waals surface area contributed by atoms with Crippen molar-refractivity contribution in [3.8, 4) is 0 Å². The Morgan fingerprint density at radius 3 is 2.69 bits per heavy atom. The van der Waals surface area contributed by atoms with Gasteiger partial charge in [0.15, 0.2) is 5.60 Å². The van der Waals surface area contributed by atoms with Crippen LogP contribution in [0.2, 0.25) is 0 Å². The molecule has 0 bridgehead atoms. The molecule has 2 aromatic carbocycles. The van der Waals surface area contributed by atoms with E-state index in [-0.39, 0.29) is 31.4 Å². The third-order valence-electron chi connectivity index (χ3n) is 6.96. The second-order valence-corrected chi connectivity index (χ2v) is 9.40. The Kier molecular flexibility index (Phi) is 7.86. The van der Waals surface area contributed by atoms with Crippen molar-refractivity contribution < 1.29 is 24.6 Å². The third kappa shape index (κ3) is 5.20. The van der Waals surface area contributed by atoms with E-state index in [4.69, 9.17) is 0 Å². The number of rotatable bonds is 9. The second-order valence-electron chi connectivity index (χ2n) is 9.40. The fourth-order valence-electron chi connectivity index (χ4n) is 4.85.